The summed E-state index contributed by atoms with van der Waals surface area (Å²) in [5.41, 5.74) is 3.23. The minimum atomic E-state index is 0.0784. The first-order valence-corrected chi connectivity index (χ1v) is 13.3. The summed E-state index contributed by atoms with van der Waals surface area (Å²) in [6.07, 6.45) is 12.9. The molecule has 2 aliphatic carbocycles. The Balaban J connectivity index is 1.03. The SMILES string of the molecule is O=C(NCC1(c2ccccc2)CCCC1)C1CC12CCN(C(=O)c1ccc(-n3ccnc3)cc1)CC2. The second kappa shape index (κ2) is 9.23. The maximum atomic E-state index is 13.2. The van der Waals surface area contributed by atoms with E-state index in [9.17, 15) is 9.59 Å². The molecule has 6 rings (SSSR count). The fraction of sp³-hybridized carbons (Fsp3) is 0.433. The van der Waals surface area contributed by atoms with Gasteiger partial charge in [-0.1, -0.05) is 43.2 Å². The molecule has 1 saturated heterocycles. The number of hydrogen-bond donors (Lipinski definition) is 1. The topological polar surface area (TPSA) is 67.2 Å². The smallest absolute Gasteiger partial charge is 0.253 e. The van der Waals surface area contributed by atoms with Gasteiger partial charge in [0, 0.05) is 54.6 Å². The van der Waals surface area contributed by atoms with Crippen LogP contribution in [0.5, 0.6) is 0 Å². The van der Waals surface area contributed by atoms with Gasteiger partial charge in [-0.15, -0.1) is 0 Å². The van der Waals surface area contributed by atoms with Crippen molar-refractivity contribution in [2.75, 3.05) is 19.6 Å². The summed E-state index contributed by atoms with van der Waals surface area (Å²) in [6.45, 7) is 2.18. The van der Waals surface area contributed by atoms with Gasteiger partial charge >= 0.3 is 0 Å². The Kier molecular flexibility index (Phi) is 5.90. The zero-order chi connectivity index (χ0) is 24.6. The monoisotopic (exact) mass is 482 g/mol. The summed E-state index contributed by atoms with van der Waals surface area (Å²) in [5.74, 6) is 0.389. The first kappa shape index (κ1) is 23.0. The summed E-state index contributed by atoms with van der Waals surface area (Å²) < 4.78 is 1.92. The van der Waals surface area contributed by atoms with Crippen LogP contribution >= 0.6 is 0 Å². The van der Waals surface area contributed by atoms with E-state index in [0.717, 1.165) is 57.4 Å². The second-order valence-corrected chi connectivity index (χ2v) is 11.0. The number of imidazole rings is 1. The maximum Gasteiger partial charge on any atom is 0.253 e. The van der Waals surface area contributed by atoms with Crippen LogP contribution in [0.25, 0.3) is 5.69 Å². The fourth-order valence-corrected chi connectivity index (χ4v) is 6.59. The highest BCUT2D eigenvalue weighted by atomic mass is 16.2. The molecule has 1 N–H and O–H groups in total. The number of nitrogens with zero attached hydrogens (tertiary/aromatic N) is 3. The van der Waals surface area contributed by atoms with Crippen molar-refractivity contribution in [1.82, 2.24) is 19.8 Å². The van der Waals surface area contributed by atoms with Crippen LogP contribution in [-0.4, -0.2) is 45.9 Å². The largest absolute Gasteiger partial charge is 0.355 e. The number of aromatic nitrogens is 2. The zero-order valence-corrected chi connectivity index (χ0v) is 20.7. The van der Waals surface area contributed by atoms with Crippen LogP contribution in [0, 0.1) is 11.3 Å². The molecule has 6 nitrogen and oxygen atoms in total. The molecule has 1 spiro atoms. The van der Waals surface area contributed by atoms with E-state index in [1.807, 2.05) is 39.9 Å². The van der Waals surface area contributed by atoms with Gasteiger partial charge in [0.15, 0.2) is 0 Å². The van der Waals surface area contributed by atoms with Crippen LogP contribution in [0.2, 0.25) is 0 Å². The molecule has 3 aliphatic rings. The molecule has 0 radical (unpaired) electrons. The Bertz CT molecular complexity index is 1210. The van der Waals surface area contributed by atoms with Gasteiger partial charge in [0.1, 0.15) is 0 Å². The lowest BCUT2D eigenvalue weighted by Gasteiger charge is -2.33. The molecule has 1 aromatic heterocycles. The summed E-state index contributed by atoms with van der Waals surface area (Å²) in [7, 11) is 0. The molecule has 2 aromatic carbocycles. The molecule has 3 fully saturated rings. The van der Waals surface area contributed by atoms with Gasteiger partial charge in [0.05, 0.1) is 6.33 Å². The lowest BCUT2D eigenvalue weighted by Crippen LogP contribution is -2.42. The van der Waals surface area contributed by atoms with Gasteiger partial charge < -0.3 is 14.8 Å². The first-order chi connectivity index (χ1) is 17.6. The summed E-state index contributed by atoms with van der Waals surface area (Å²) in [4.78, 5) is 32.3. The highest BCUT2D eigenvalue weighted by molar-refractivity contribution is 5.94. The Morgan fingerprint density at radius 2 is 1.67 bits per heavy atom. The highest BCUT2D eigenvalue weighted by Gasteiger charge is 2.58. The van der Waals surface area contributed by atoms with E-state index in [0.29, 0.717) is 5.56 Å². The maximum absolute atomic E-state index is 13.2. The van der Waals surface area contributed by atoms with Gasteiger partial charge in [0.2, 0.25) is 5.91 Å². The average Bonchev–Trinajstić information content (AvgIpc) is 3.31. The molecule has 0 bridgehead atoms. The summed E-state index contributed by atoms with van der Waals surface area (Å²) in [5, 5.41) is 3.35. The van der Waals surface area contributed by atoms with E-state index in [1.54, 1.807) is 12.5 Å². The third kappa shape index (κ3) is 4.23. The number of amides is 2. The third-order valence-corrected chi connectivity index (χ3v) is 9.02. The molecular formula is C30H34N4O2. The molecule has 3 aromatic rings. The summed E-state index contributed by atoms with van der Waals surface area (Å²) in [6, 6.07) is 18.4. The number of nitrogens with one attached hydrogen (secondary N) is 1. The van der Waals surface area contributed by atoms with Gasteiger partial charge in [-0.05, 0) is 67.3 Å². The van der Waals surface area contributed by atoms with E-state index >= 15 is 0 Å². The molecular weight excluding hydrogens is 448 g/mol. The molecule has 1 atom stereocenters. The van der Waals surface area contributed by atoms with Crippen molar-refractivity contribution in [3.8, 4) is 5.69 Å². The first-order valence-electron chi connectivity index (χ1n) is 13.3. The Morgan fingerprint density at radius 3 is 2.33 bits per heavy atom. The van der Waals surface area contributed by atoms with Crippen LogP contribution < -0.4 is 5.32 Å². The molecule has 186 valence electrons. The zero-order valence-electron chi connectivity index (χ0n) is 20.7. The molecule has 1 aliphatic heterocycles. The lowest BCUT2D eigenvalue weighted by atomic mass is 9.78. The average molecular weight is 483 g/mol. The van der Waals surface area contributed by atoms with Crippen molar-refractivity contribution in [3.63, 3.8) is 0 Å². The fourth-order valence-electron chi connectivity index (χ4n) is 6.59. The molecule has 2 heterocycles. The molecule has 1 unspecified atom stereocenters. The molecule has 36 heavy (non-hydrogen) atoms. The minimum Gasteiger partial charge on any atom is -0.355 e. The van der Waals surface area contributed by atoms with Crippen molar-refractivity contribution in [3.05, 3.63) is 84.4 Å². The Labute approximate surface area is 212 Å². The number of carbonyl (C=O) groups excluding carboxylic acids is 2. The van der Waals surface area contributed by atoms with Crippen LogP contribution in [0.15, 0.2) is 73.3 Å². The van der Waals surface area contributed by atoms with Crippen LogP contribution in [0.4, 0.5) is 0 Å². The number of benzene rings is 2. The van der Waals surface area contributed by atoms with Crippen molar-refractivity contribution in [1.29, 1.82) is 0 Å². The van der Waals surface area contributed by atoms with Crippen LogP contribution in [0.1, 0.15) is 60.9 Å². The van der Waals surface area contributed by atoms with E-state index in [2.05, 4.69) is 40.6 Å². The number of carbonyl (C=O) groups is 2. The number of likely N-dealkylation sites (tertiary alicyclic amines) is 1. The molecule has 2 saturated carbocycles. The van der Waals surface area contributed by atoms with E-state index < -0.39 is 0 Å². The van der Waals surface area contributed by atoms with Gasteiger partial charge in [-0.25, -0.2) is 4.98 Å². The van der Waals surface area contributed by atoms with Crippen LogP contribution in [0.3, 0.4) is 0 Å². The Hall–Kier alpha value is -3.41. The van der Waals surface area contributed by atoms with Crippen molar-refractivity contribution < 1.29 is 9.59 Å². The Morgan fingerprint density at radius 1 is 0.944 bits per heavy atom. The quantitative estimate of drug-likeness (QED) is 0.552. The van der Waals surface area contributed by atoms with E-state index in [4.69, 9.17) is 0 Å². The predicted octanol–water partition coefficient (Wildman–Crippen LogP) is 4.74. The third-order valence-electron chi connectivity index (χ3n) is 9.02. The number of hydrogen-bond acceptors (Lipinski definition) is 3. The van der Waals surface area contributed by atoms with Crippen molar-refractivity contribution in [2.45, 2.75) is 50.4 Å². The van der Waals surface area contributed by atoms with Crippen molar-refractivity contribution in [2.24, 2.45) is 11.3 Å². The van der Waals surface area contributed by atoms with Gasteiger partial charge in [-0.3, -0.25) is 9.59 Å². The van der Waals surface area contributed by atoms with E-state index in [-0.39, 0.29) is 28.6 Å². The lowest BCUT2D eigenvalue weighted by molar-refractivity contribution is -0.123. The number of piperidine rings is 1. The van der Waals surface area contributed by atoms with Crippen molar-refractivity contribution >= 4 is 11.8 Å². The molecule has 2 amide bonds. The number of rotatable bonds is 6. The highest BCUT2D eigenvalue weighted by Crippen LogP contribution is 2.59. The van der Waals surface area contributed by atoms with Gasteiger partial charge in [0.25, 0.3) is 5.91 Å². The van der Waals surface area contributed by atoms with Crippen LogP contribution in [-0.2, 0) is 10.2 Å². The van der Waals surface area contributed by atoms with E-state index in [1.165, 1.54) is 18.4 Å². The standard InChI is InChI=1S/C30H34N4O2/c35-27(32-21-30(12-4-5-13-30)24-6-2-1-3-7-24)26-20-29(26)14-17-33(18-15-29)28(36)23-8-10-25(11-9-23)34-19-16-31-22-34/h1-3,6-11,16,19,22,26H,4-5,12-15,17-18,20-21H2,(H,32,35). The van der Waals surface area contributed by atoms with Gasteiger partial charge in [-0.2, -0.15) is 0 Å². The molecule has 6 heteroatoms. The normalized spacial score (nSPS) is 21.9. The predicted molar refractivity (Wildman–Crippen MR) is 139 cm³/mol. The summed E-state index contributed by atoms with van der Waals surface area (Å²) >= 11 is 0. The second-order valence-electron chi connectivity index (χ2n) is 11.0. The minimum absolute atomic E-state index is 0.0784.